The lowest BCUT2D eigenvalue weighted by atomic mass is 9.58. The number of hydrogen-bond acceptors (Lipinski definition) is 2. The van der Waals surface area contributed by atoms with Gasteiger partial charge in [0.25, 0.3) is 0 Å². The lowest BCUT2D eigenvalue weighted by Gasteiger charge is -2.65. The number of nitrogens with zero attached hydrogens (tertiary/aromatic N) is 1. The molecular formula is C11H19NO. The Morgan fingerprint density at radius 3 is 2.54 bits per heavy atom. The summed E-state index contributed by atoms with van der Waals surface area (Å²) in [6.07, 6.45) is 2.51. The molecule has 2 fully saturated rings. The highest BCUT2D eigenvalue weighted by atomic mass is 16.1. The van der Waals surface area contributed by atoms with Crippen LogP contribution in [0.15, 0.2) is 0 Å². The predicted molar refractivity (Wildman–Crippen MR) is 52.6 cm³/mol. The fourth-order valence-electron chi connectivity index (χ4n) is 3.44. The third-order valence-corrected chi connectivity index (χ3v) is 4.46. The van der Waals surface area contributed by atoms with E-state index < -0.39 is 0 Å². The number of carbonyl (C=O) groups excluding carboxylic acids is 1. The van der Waals surface area contributed by atoms with Crippen LogP contribution in [-0.2, 0) is 4.79 Å². The molecule has 0 aliphatic carbocycles. The fraction of sp³-hybridized carbons (Fsp3) is 0.909. The van der Waals surface area contributed by atoms with Crippen LogP contribution in [-0.4, -0.2) is 28.8 Å². The maximum atomic E-state index is 11.5. The standard InChI is InChI=1S/C11H19NO/c1-8(13)9-10(2,3)11(4)6-5-7-12(9)11/h9H,5-7H2,1-4H3/t9-,11-/m0/s1. The van der Waals surface area contributed by atoms with Crippen molar-refractivity contribution >= 4 is 5.78 Å². The SMILES string of the molecule is CC(=O)[C@@H]1N2CCC[C@@]2(C)C1(C)C. The summed E-state index contributed by atoms with van der Waals surface area (Å²) in [5.41, 5.74) is 0.471. The summed E-state index contributed by atoms with van der Waals surface area (Å²) in [6, 6.07) is 0.181. The Kier molecular flexibility index (Phi) is 1.66. The first kappa shape index (κ1) is 9.20. The van der Waals surface area contributed by atoms with Gasteiger partial charge in [-0.1, -0.05) is 13.8 Å². The molecule has 2 saturated heterocycles. The molecule has 0 N–H and O–H groups in total. The van der Waals surface area contributed by atoms with Gasteiger partial charge in [-0.25, -0.2) is 0 Å². The van der Waals surface area contributed by atoms with Crippen LogP contribution in [0.3, 0.4) is 0 Å². The third kappa shape index (κ3) is 0.850. The van der Waals surface area contributed by atoms with Crippen molar-refractivity contribution in [2.75, 3.05) is 6.54 Å². The van der Waals surface area contributed by atoms with Crippen molar-refractivity contribution in [1.29, 1.82) is 0 Å². The fourth-order valence-corrected chi connectivity index (χ4v) is 3.44. The van der Waals surface area contributed by atoms with Crippen molar-refractivity contribution in [2.45, 2.75) is 52.1 Å². The van der Waals surface area contributed by atoms with Crippen molar-refractivity contribution in [3.8, 4) is 0 Å². The molecule has 2 rings (SSSR count). The molecule has 0 saturated carbocycles. The number of fused-ring (bicyclic) bond motifs is 1. The molecule has 2 heteroatoms. The van der Waals surface area contributed by atoms with Gasteiger partial charge in [0.2, 0.25) is 0 Å². The van der Waals surface area contributed by atoms with Gasteiger partial charge in [-0.05, 0) is 33.2 Å². The van der Waals surface area contributed by atoms with Gasteiger partial charge < -0.3 is 0 Å². The summed E-state index contributed by atoms with van der Waals surface area (Å²) < 4.78 is 0. The first-order valence-electron chi connectivity index (χ1n) is 5.18. The molecule has 0 aromatic rings. The van der Waals surface area contributed by atoms with E-state index in [1.165, 1.54) is 12.8 Å². The molecule has 0 radical (unpaired) electrons. The van der Waals surface area contributed by atoms with Crippen molar-refractivity contribution < 1.29 is 4.79 Å². The quantitative estimate of drug-likeness (QED) is 0.615. The summed E-state index contributed by atoms with van der Waals surface area (Å²) >= 11 is 0. The van der Waals surface area contributed by atoms with Gasteiger partial charge in [-0.2, -0.15) is 0 Å². The van der Waals surface area contributed by atoms with E-state index in [1.807, 2.05) is 0 Å². The minimum absolute atomic E-state index is 0.176. The maximum Gasteiger partial charge on any atom is 0.147 e. The molecule has 2 nitrogen and oxygen atoms in total. The van der Waals surface area contributed by atoms with Crippen LogP contribution in [0.4, 0.5) is 0 Å². The van der Waals surface area contributed by atoms with Crippen molar-refractivity contribution in [3.63, 3.8) is 0 Å². The molecule has 0 amide bonds. The third-order valence-electron chi connectivity index (χ3n) is 4.46. The minimum atomic E-state index is 0.176. The van der Waals surface area contributed by atoms with Crippen LogP contribution < -0.4 is 0 Å². The summed E-state index contributed by atoms with van der Waals surface area (Å²) in [4.78, 5) is 13.9. The second kappa shape index (κ2) is 2.35. The largest absolute Gasteiger partial charge is 0.298 e. The predicted octanol–water partition coefficient (Wildman–Crippen LogP) is 1.84. The van der Waals surface area contributed by atoms with E-state index in [0.29, 0.717) is 11.3 Å². The number of rotatable bonds is 1. The molecule has 0 unspecified atom stereocenters. The average Bonchev–Trinajstić information content (AvgIpc) is 2.30. The van der Waals surface area contributed by atoms with Crippen LogP contribution in [0.2, 0.25) is 0 Å². The van der Waals surface area contributed by atoms with Crippen molar-refractivity contribution in [3.05, 3.63) is 0 Å². The summed E-state index contributed by atoms with van der Waals surface area (Å²) in [5.74, 6) is 0.337. The summed E-state index contributed by atoms with van der Waals surface area (Å²) in [6.45, 7) is 9.62. The average molecular weight is 181 g/mol. The zero-order chi connectivity index (χ0) is 9.85. The Hall–Kier alpha value is -0.370. The van der Waals surface area contributed by atoms with E-state index in [0.717, 1.165) is 6.54 Å². The highest BCUT2D eigenvalue weighted by molar-refractivity contribution is 5.84. The Morgan fingerprint density at radius 1 is 1.38 bits per heavy atom. The molecule has 0 aromatic carbocycles. The van der Waals surface area contributed by atoms with E-state index in [9.17, 15) is 4.79 Å². The van der Waals surface area contributed by atoms with E-state index in [-0.39, 0.29) is 11.5 Å². The molecule has 2 atom stereocenters. The first-order valence-corrected chi connectivity index (χ1v) is 5.18. The van der Waals surface area contributed by atoms with Gasteiger partial charge in [0.05, 0.1) is 6.04 Å². The van der Waals surface area contributed by atoms with E-state index in [1.54, 1.807) is 6.92 Å². The zero-order valence-corrected chi connectivity index (χ0v) is 9.05. The van der Waals surface area contributed by atoms with Crippen LogP contribution >= 0.6 is 0 Å². The van der Waals surface area contributed by atoms with E-state index >= 15 is 0 Å². The van der Waals surface area contributed by atoms with Gasteiger partial charge in [-0.15, -0.1) is 0 Å². The normalized spacial score (nSPS) is 42.6. The van der Waals surface area contributed by atoms with Crippen molar-refractivity contribution in [2.24, 2.45) is 5.41 Å². The molecule has 13 heavy (non-hydrogen) atoms. The second-order valence-corrected chi connectivity index (χ2v) is 5.31. The van der Waals surface area contributed by atoms with Crippen molar-refractivity contribution in [1.82, 2.24) is 4.90 Å². The smallest absolute Gasteiger partial charge is 0.147 e. The van der Waals surface area contributed by atoms with Gasteiger partial charge in [-0.3, -0.25) is 9.69 Å². The summed E-state index contributed by atoms with van der Waals surface area (Å²) in [5, 5.41) is 0. The lowest BCUT2D eigenvalue weighted by Crippen LogP contribution is -2.75. The molecular weight excluding hydrogens is 162 g/mol. The molecule has 0 spiro atoms. The number of hydrogen-bond donors (Lipinski definition) is 0. The Bertz CT molecular complexity index is 259. The van der Waals surface area contributed by atoms with Gasteiger partial charge in [0, 0.05) is 11.0 Å². The molecule has 0 aromatic heterocycles. The van der Waals surface area contributed by atoms with E-state index in [2.05, 4.69) is 25.7 Å². The highest BCUT2D eigenvalue weighted by Gasteiger charge is 2.65. The van der Waals surface area contributed by atoms with E-state index in [4.69, 9.17) is 0 Å². The van der Waals surface area contributed by atoms with Crippen LogP contribution in [0.1, 0.15) is 40.5 Å². The Morgan fingerprint density at radius 2 is 2.00 bits per heavy atom. The molecule has 2 heterocycles. The topological polar surface area (TPSA) is 20.3 Å². The molecule has 0 bridgehead atoms. The number of Topliss-reactive ketones (excluding diaryl/α,β-unsaturated/α-hetero) is 1. The van der Waals surface area contributed by atoms with Gasteiger partial charge in [0.1, 0.15) is 5.78 Å². The molecule has 74 valence electrons. The van der Waals surface area contributed by atoms with Gasteiger partial charge in [0.15, 0.2) is 0 Å². The number of carbonyl (C=O) groups is 1. The maximum absolute atomic E-state index is 11.5. The highest BCUT2D eigenvalue weighted by Crippen LogP contribution is 2.57. The Balaban J connectivity index is 2.31. The number of ketones is 1. The zero-order valence-electron chi connectivity index (χ0n) is 9.05. The first-order chi connectivity index (χ1) is 5.91. The minimum Gasteiger partial charge on any atom is -0.298 e. The molecule has 2 aliphatic heterocycles. The Labute approximate surface area is 80.3 Å². The van der Waals surface area contributed by atoms with Crippen LogP contribution in [0, 0.1) is 5.41 Å². The lowest BCUT2D eigenvalue weighted by molar-refractivity contribution is -0.174. The monoisotopic (exact) mass is 181 g/mol. The van der Waals surface area contributed by atoms with Crippen LogP contribution in [0.25, 0.3) is 0 Å². The van der Waals surface area contributed by atoms with Crippen LogP contribution in [0.5, 0.6) is 0 Å². The van der Waals surface area contributed by atoms with Gasteiger partial charge >= 0.3 is 0 Å². The second-order valence-electron chi connectivity index (χ2n) is 5.31. The molecule has 2 aliphatic rings. The summed E-state index contributed by atoms with van der Waals surface area (Å²) in [7, 11) is 0.